The first-order valence-corrected chi connectivity index (χ1v) is 10.3. The van der Waals surface area contributed by atoms with Gasteiger partial charge in [-0.25, -0.2) is 14.6 Å². The Morgan fingerprint density at radius 1 is 1.21 bits per heavy atom. The number of carbonyl (C=O) groups is 2. The molecule has 1 unspecified atom stereocenters. The fraction of sp³-hybridized carbons (Fsp3) is 0.364. The molecular formula is C22H22F3N5O3. The molecule has 1 aromatic heterocycles. The largest absolute Gasteiger partial charge is 0.448 e. The Morgan fingerprint density at radius 2 is 1.94 bits per heavy atom. The summed E-state index contributed by atoms with van der Waals surface area (Å²) in [5, 5.41) is 8.41. The molecule has 2 aliphatic rings. The van der Waals surface area contributed by atoms with E-state index < -0.39 is 36.1 Å². The standard InChI is InChI=1S/C22H22F3N5O3/c1-13-3-5-15(6-4-13)19-17(29-9-10-33-21(29)32)12-30(28-19)20(31)27-14(2)16-7-8-18(26-11-16)22(23,24)25/h3-8,11,14,17H,9-10,12H2,1-2H3,(H,27,31)/t14?,17-/m0/s1. The molecule has 33 heavy (non-hydrogen) atoms. The number of pyridine rings is 1. The summed E-state index contributed by atoms with van der Waals surface area (Å²) in [6, 6.07) is 8.10. The summed E-state index contributed by atoms with van der Waals surface area (Å²) in [4.78, 5) is 30.0. The van der Waals surface area contributed by atoms with Gasteiger partial charge in [0.1, 0.15) is 12.3 Å². The minimum absolute atomic E-state index is 0.127. The van der Waals surface area contributed by atoms with E-state index in [1.165, 1.54) is 16.0 Å². The number of aromatic nitrogens is 1. The maximum Gasteiger partial charge on any atom is 0.433 e. The van der Waals surface area contributed by atoms with Crippen LogP contribution in [0.2, 0.25) is 0 Å². The number of carbonyl (C=O) groups excluding carboxylic acids is 2. The Labute approximate surface area is 188 Å². The van der Waals surface area contributed by atoms with E-state index in [0.29, 0.717) is 17.8 Å². The molecule has 0 saturated carbocycles. The predicted octanol–water partition coefficient (Wildman–Crippen LogP) is 3.72. The molecule has 8 nitrogen and oxygen atoms in total. The Balaban J connectivity index is 1.52. The van der Waals surface area contributed by atoms with Crippen molar-refractivity contribution in [1.29, 1.82) is 0 Å². The summed E-state index contributed by atoms with van der Waals surface area (Å²) in [7, 11) is 0. The predicted molar refractivity (Wildman–Crippen MR) is 112 cm³/mol. The molecular weight excluding hydrogens is 439 g/mol. The smallest absolute Gasteiger partial charge is 0.433 e. The zero-order valence-electron chi connectivity index (χ0n) is 18.0. The third-order valence-electron chi connectivity index (χ3n) is 5.56. The van der Waals surface area contributed by atoms with Crippen molar-refractivity contribution < 1.29 is 27.5 Å². The third-order valence-corrected chi connectivity index (χ3v) is 5.56. The number of aryl methyl sites for hydroxylation is 1. The molecule has 1 N–H and O–H groups in total. The van der Waals surface area contributed by atoms with Crippen LogP contribution in [-0.2, 0) is 10.9 Å². The lowest BCUT2D eigenvalue weighted by Gasteiger charge is -2.23. The van der Waals surface area contributed by atoms with Gasteiger partial charge in [-0.2, -0.15) is 18.3 Å². The van der Waals surface area contributed by atoms with Crippen LogP contribution in [-0.4, -0.2) is 58.5 Å². The second-order valence-corrected chi connectivity index (χ2v) is 7.90. The molecule has 4 rings (SSSR count). The van der Waals surface area contributed by atoms with Crippen molar-refractivity contribution in [2.75, 3.05) is 19.7 Å². The van der Waals surface area contributed by atoms with Gasteiger partial charge in [-0.05, 0) is 31.0 Å². The fourth-order valence-corrected chi connectivity index (χ4v) is 3.70. The van der Waals surface area contributed by atoms with Gasteiger partial charge in [0.2, 0.25) is 0 Å². The Bertz CT molecular complexity index is 1070. The Kier molecular flexibility index (Phi) is 5.96. The number of nitrogens with one attached hydrogen (secondary N) is 1. The summed E-state index contributed by atoms with van der Waals surface area (Å²) in [5.41, 5.74) is 1.81. The first kappa shape index (κ1) is 22.6. The molecule has 3 amide bonds. The maximum absolute atomic E-state index is 12.9. The van der Waals surface area contributed by atoms with E-state index in [-0.39, 0.29) is 13.2 Å². The number of nitrogens with zero attached hydrogens (tertiary/aromatic N) is 4. The van der Waals surface area contributed by atoms with Gasteiger partial charge >= 0.3 is 18.3 Å². The van der Waals surface area contributed by atoms with Crippen LogP contribution in [0.15, 0.2) is 47.7 Å². The van der Waals surface area contributed by atoms with Gasteiger partial charge in [0.15, 0.2) is 0 Å². The number of hydrazone groups is 1. The topological polar surface area (TPSA) is 87.1 Å². The number of hydrogen-bond acceptors (Lipinski definition) is 5. The average molecular weight is 461 g/mol. The normalized spacial score (nSPS) is 19.4. The second kappa shape index (κ2) is 8.72. The van der Waals surface area contributed by atoms with E-state index in [1.807, 2.05) is 31.2 Å². The number of cyclic esters (lactones) is 1. The van der Waals surface area contributed by atoms with E-state index in [0.717, 1.165) is 23.4 Å². The van der Waals surface area contributed by atoms with Gasteiger partial charge in [0.05, 0.1) is 30.9 Å². The molecule has 0 bridgehead atoms. The molecule has 11 heteroatoms. The quantitative estimate of drug-likeness (QED) is 0.752. The van der Waals surface area contributed by atoms with Crippen molar-refractivity contribution in [1.82, 2.24) is 20.2 Å². The van der Waals surface area contributed by atoms with Crippen LogP contribution < -0.4 is 5.32 Å². The van der Waals surface area contributed by atoms with Crippen molar-refractivity contribution in [3.63, 3.8) is 0 Å². The molecule has 1 aromatic carbocycles. The van der Waals surface area contributed by atoms with Crippen LogP contribution >= 0.6 is 0 Å². The van der Waals surface area contributed by atoms with Crippen LogP contribution in [0, 0.1) is 6.92 Å². The number of benzene rings is 1. The minimum atomic E-state index is -4.53. The highest BCUT2D eigenvalue weighted by molar-refractivity contribution is 6.07. The molecule has 1 fully saturated rings. The van der Waals surface area contributed by atoms with Gasteiger partial charge in [0.25, 0.3) is 0 Å². The lowest BCUT2D eigenvalue weighted by molar-refractivity contribution is -0.141. The van der Waals surface area contributed by atoms with Crippen molar-refractivity contribution in [2.24, 2.45) is 5.10 Å². The first-order valence-electron chi connectivity index (χ1n) is 10.3. The monoisotopic (exact) mass is 461 g/mol. The van der Waals surface area contributed by atoms with Crippen molar-refractivity contribution in [2.45, 2.75) is 32.1 Å². The van der Waals surface area contributed by atoms with Crippen LogP contribution in [0.1, 0.15) is 35.3 Å². The van der Waals surface area contributed by atoms with Gasteiger partial charge in [-0.15, -0.1) is 0 Å². The number of urea groups is 1. The Hall–Kier alpha value is -3.63. The highest BCUT2D eigenvalue weighted by Crippen LogP contribution is 2.28. The molecule has 174 valence electrons. The van der Waals surface area contributed by atoms with E-state index in [4.69, 9.17) is 4.74 Å². The van der Waals surface area contributed by atoms with E-state index >= 15 is 0 Å². The molecule has 0 aliphatic carbocycles. The van der Waals surface area contributed by atoms with Gasteiger partial charge in [0, 0.05) is 6.20 Å². The molecule has 0 spiro atoms. The summed E-state index contributed by atoms with van der Waals surface area (Å²) in [6.45, 7) is 4.37. The van der Waals surface area contributed by atoms with Crippen molar-refractivity contribution >= 4 is 17.8 Å². The SMILES string of the molecule is Cc1ccc(C2=NN(C(=O)NC(C)c3ccc(C(F)(F)F)nc3)C[C@@H]2N2CCOC2=O)cc1. The minimum Gasteiger partial charge on any atom is -0.448 e. The third kappa shape index (κ3) is 4.76. The van der Waals surface area contributed by atoms with E-state index in [9.17, 15) is 22.8 Å². The number of halogens is 3. The lowest BCUT2D eigenvalue weighted by atomic mass is 10.0. The maximum atomic E-state index is 12.9. The summed E-state index contributed by atoms with van der Waals surface area (Å²) in [6.07, 6.45) is -3.92. The van der Waals surface area contributed by atoms with Crippen molar-refractivity contribution in [3.8, 4) is 0 Å². The van der Waals surface area contributed by atoms with Crippen LogP contribution in [0.5, 0.6) is 0 Å². The molecule has 3 heterocycles. The fourth-order valence-electron chi connectivity index (χ4n) is 3.70. The summed E-state index contributed by atoms with van der Waals surface area (Å²) >= 11 is 0. The number of rotatable bonds is 4. The van der Waals surface area contributed by atoms with Crippen LogP contribution in [0.25, 0.3) is 0 Å². The molecule has 2 aliphatic heterocycles. The zero-order valence-corrected chi connectivity index (χ0v) is 18.0. The zero-order chi connectivity index (χ0) is 23.8. The Morgan fingerprint density at radius 3 is 2.52 bits per heavy atom. The molecule has 2 aromatic rings. The summed E-state index contributed by atoms with van der Waals surface area (Å²) < 4.78 is 43.3. The van der Waals surface area contributed by atoms with Gasteiger partial charge < -0.3 is 10.1 Å². The second-order valence-electron chi connectivity index (χ2n) is 7.90. The average Bonchev–Trinajstić information content (AvgIpc) is 3.40. The van der Waals surface area contributed by atoms with Gasteiger partial charge in [-0.1, -0.05) is 35.9 Å². The van der Waals surface area contributed by atoms with Crippen molar-refractivity contribution in [3.05, 3.63) is 65.0 Å². The highest BCUT2D eigenvalue weighted by atomic mass is 19.4. The van der Waals surface area contributed by atoms with Gasteiger partial charge in [-0.3, -0.25) is 9.88 Å². The van der Waals surface area contributed by atoms with Crippen LogP contribution in [0.4, 0.5) is 22.8 Å². The molecule has 2 atom stereocenters. The number of alkyl halides is 3. The number of ether oxygens (including phenoxy) is 1. The highest BCUT2D eigenvalue weighted by Gasteiger charge is 2.40. The number of amides is 3. The van der Waals surface area contributed by atoms with Crippen LogP contribution in [0.3, 0.4) is 0 Å². The van der Waals surface area contributed by atoms with E-state index in [1.54, 1.807) is 6.92 Å². The first-order chi connectivity index (χ1) is 15.6. The molecule has 1 saturated heterocycles. The van der Waals surface area contributed by atoms with E-state index in [2.05, 4.69) is 15.4 Å². The summed E-state index contributed by atoms with van der Waals surface area (Å²) in [5.74, 6) is 0. The lowest BCUT2D eigenvalue weighted by Crippen LogP contribution is -2.46. The molecule has 0 radical (unpaired) electrons. The number of hydrogen-bond donors (Lipinski definition) is 1.